The Morgan fingerprint density at radius 1 is 0.857 bits per heavy atom. The minimum absolute atomic E-state index is 0.0483. The van der Waals surface area contributed by atoms with Crippen molar-refractivity contribution in [3.63, 3.8) is 0 Å². The van der Waals surface area contributed by atoms with Crippen LogP contribution in [-0.4, -0.2) is 15.0 Å². The van der Waals surface area contributed by atoms with Gasteiger partial charge in [0.2, 0.25) is 0 Å². The van der Waals surface area contributed by atoms with Gasteiger partial charge in [0, 0.05) is 6.20 Å². The van der Waals surface area contributed by atoms with Crippen LogP contribution >= 0.6 is 0 Å². The summed E-state index contributed by atoms with van der Waals surface area (Å²) in [6.45, 7) is 2.26. The molecule has 0 saturated heterocycles. The van der Waals surface area contributed by atoms with E-state index in [4.69, 9.17) is 0 Å². The van der Waals surface area contributed by atoms with Gasteiger partial charge in [0.25, 0.3) is 0 Å². The number of benzene rings is 2. The Balaban J connectivity index is 1.67. The molecule has 0 N–H and O–H groups in total. The van der Waals surface area contributed by atoms with Crippen molar-refractivity contribution in [3.05, 3.63) is 89.8 Å². The summed E-state index contributed by atoms with van der Waals surface area (Å²) in [7, 11) is 0. The summed E-state index contributed by atoms with van der Waals surface area (Å²) in [4.78, 5) is 0. The zero-order valence-electron chi connectivity index (χ0n) is 16.9. The van der Waals surface area contributed by atoms with Gasteiger partial charge in [0.15, 0.2) is 0 Å². The third kappa shape index (κ3) is 6.19. The second-order valence-electron chi connectivity index (χ2n) is 7.33. The van der Waals surface area contributed by atoms with E-state index >= 15 is 0 Å². The first-order chi connectivity index (χ1) is 13.9. The topological polar surface area (TPSA) is 30.7 Å². The Morgan fingerprint density at radius 3 is 2.29 bits per heavy atom. The van der Waals surface area contributed by atoms with E-state index in [0.29, 0.717) is 0 Å². The zero-order valence-corrected chi connectivity index (χ0v) is 16.9. The SMILES string of the molecule is CCCCCCCCc1cn(C(/C=C/c2ccccc2)c2ccccc2)nn1. The van der Waals surface area contributed by atoms with Crippen molar-refractivity contribution in [1.82, 2.24) is 15.0 Å². The lowest BCUT2D eigenvalue weighted by atomic mass is 10.1. The van der Waals surface area contributed by atoms with Gasteiger partial charge in [0.05, 0.1) is 11.7 Å². The maximum absolute atomic E-state index is 4.45. The summed E-state index contributed by atoms with van der Waals surface area (Å²) in [6, 6.07) is 20.9. The largest absolute Gasteiger partial charge is 0.241 e. The van der Waals surface area contributed by atoms with E-state index in [0.717, 1.165) is 12.1 Å². The average Bonchev–Trinajstić information content (AvgIpc) is 3.21. The lowest BCUT2D eigenvalue weighted by Crippen LogP contribution is -2.09. The number of unbranched alkanes of at least 4 members (excludes halogenated alkanes) is 5. The molecule has 1 aromatic heterocycles. The number of aryl methyl sites for hydroxylation is 1. The van der Waals surface area contributed by atoms with Crippen molar-refractivity contribution < 1.29 is 0 Å². The van der Waals surface area contributed by atoms with Gasteiger partial charge in [-0.25, -0.2) is 4.68 Å². The van der Waals surface area contributed by atoms with Gasteiger partial charge in [-0.2, -0.15) is 0 Å². The molecule has 0 fully saturated rings. The Morgan fingerprint density at radius 2 is 1.54 bits per heavy atom. The van der Waals surface area contributed by atoms with E-state index in [1.54, 1.807) is 0 Å². The predicted molar refractivity (Wildman–Crippen MR) is 117 cm³/mol. The van der Waals surface area contributed by atoms with E-state index in [-0.39, 0.29) is 6.04 Å². The quantitative estimate of drug-likeness (QED) is 0.360. The summed E-state index contributed by atoms with van der Waals surface area (Å²) < 4.78 is 1.99. The molecule has 3 rings (SSSR count). The van der Waals surface area contributed by atoms with Crippen LogP contribution in [0, 0.1) is 0 Å². The summed E-state index contributed by atoms with van der Waals surface area (Å²) in [5.41, 5.74) is 3.49. The van der Waals surface area contributed by atoms with Crippen LogP contribution < -0.4 is 0 Å². The van der Waals surface area contributed by atoms with Crippen LogP contribution in [0.2, 0.25) is 0 Å². The molecule has 3 heteroatoms. The third-order valence-corrected chi connectivity index (χ3v) is 5.04. The molecule has 146 valence electrons. The number of aromatic nitrogens is 3. The van der Waals surface area contributed by atoms with Crippen molar-refractivity contribution in [3.8, 4) is 0 Å². The van der Waals surface area contributed by atoms with Gasteiger partial charge in [-0.15, -0.1) is 5.10 Å². The first-order valence-corrected chi connectivity index (χ1v) is 10.6. The van der Waals surface area contributed by atoms with Crippen molar-refractivity contribution in [2.24, 2.45) is 0 Å². The molecular formula is C25H31N3. The predicted octanol–water partition coefficient (Wildman–Crippen LogP) is 6.48. The minimum Gasteiger partial charge on any atom is -0.241 e. The molecule has 1 heterocycles. The fraction of sp³-hybridized carbons (Fsp3) is 0.360. The van der Waals surface area contributed by atoms with E-state index in [2.05, 4.69) is 84.1 Å². The number of allylic oxidation sites excluding steroid dienone is 1. The summed E-state index contributed by atoms with van der Waals surface area (Å²) in [5, 5.41) is 8.88. The van der Waals surface area contributed by atoms with Gasteiger partial charge in [-0.05, 0) is 24.0 Å². The molecule has 0 spiro atoms. The number of hydrogen-bond acceptors (Lipinski definition) is 2. The molecule has 0 aliphatic carbocycles. The smallest absolute Gasteiger partial charge is 0.0970 e. The molecule has 1 unspecified atom stereocenters. The summed E-state index contributed by atoms with van der Waals surface area (Å²) in [5.74, 6) is 0. The Kier molecular flexibility index (Phi) is 8.05. The fourth-order valence-corrected chi connectivity index (χ4v) is 3.42. The Labute approximate surface area is 169 Å². The minimum atomic E-state index is 0.0483. The lowest BCUT2D eigenvalue weighted by molar-refractivity contribution is 0.586. The maximum atomic E-state index is 4.45. The molecule has 0 saturated carbocycles. The van der Waals surface area contributed by atoms with Gasteiger partial charge in [-0.3, -0.25) is 0 Å². The Bertz CT molecular complexity index is 821. The molecule has 0 bridgehead atoms. The second kappa shape index (κ2) is 11.2. The Hall–Kier alpha value is -2.68. The van der Waals surface area contributed by atoms with Crippen molar-refractivity contribution >= 4 is 6.08 Å². The molecule has 0 amide bonds. The fourth-order valence-electron chi connectivity index (χ4n) is 3.42. The van der Waals surface area contributed by atoms with E-state index in [1.165, 1.54) is 49.7 Å². The molecule has 0 radical (unpaired) electrons. The second-order valence-corrected chi connectivity index (χ2v) is 7.33. The third-order valence-electron chi connectivity index (χ3n) is 5.04. The first-order valence-electron chi connectivity index (χ1n) is 10.6. The molecule has 3 aromatic rings. The van der Waals surface area contributed by atoms with Crippen molar-refractivity contribution in [1.29, 1.82) is 0 Å². The highest BCUT2D eigenvalue weighted by Crippen LogP contribution is 2.21. The van der Waals surface area contributed by atoms with Crippen LogP contribution in [0.15, 0.2) is 72.9 Å². The molecule has 1 atom stereocenters. The summed E-state index contributed by atoms with van der Waals surface area (Å²) in [6.07, 6.45) is 15.3. The van der Waals surface area contributed by atoms with Crippen LogP contribution in [0.3, 0.4) is 0 Å². The number of hydrogen-bond donors (Lipinski definition) is 0. The molecular weight excluding hydrogens is 342 g/mol. The standard InChI is InChI=1S/C25H31N3/c1-2-3-4-5-6-13-18-24-21-28(27-26-24)25(23-16-11-8-12-17-23)20-19-22-14-9-7-10-15-22/h7-12,14-17,19-21,25H,2-6,13,18H2,1H3/b20-19+. The van der Waals surface area contributed by atoms with Gasteiger partial charge in [-0.1, -0.05) is 117 Å². The van der Waals surface area contributed by atoms with E-state index in [1.807, 2.05) is 16.8 Å². The van der Waals surface area contributed by atoms with Gasteiger partial charge >= 0.3 is 0 Å². The maximum Gasteiger partial charge on any atom is 0.0970 e. The molecule has 28 heavy (non-hydrogen) atoms. The zero-order chi connectivity index (χ0) is 19.4. The van der Waals surface area contributed by atoms with Crippen molar-refractivity contribution in [2.75, 3.05) is 0 Å². The van der Waals surface area contributed by atoms with E-state index in [9.17, 15) is 0 Å². The number of nitrogens with zero attached hydrogens (tertiary/aromatic N) is 3. The molecule has 3 nitrogen and oxygen atoms in total. The monoisotopic (exact) mass is 373 g/mol. The first kappa shape index (κ1) is 20.1. The van der Waals surface area contributed by atoms with Crippen LogP contribution in [0.1, 0.15) is 68.3 Å². The highest BCUT2D eigenvalue weighted by atomic mass is 15.4. The van der Waals surface area contributed by atoms with Gasteiger partial charge < -0.3 is 0 Å². The highest BCUT2D eigenvalue weighted by Gasteiger charge is 2.12. The highest BCUT2D eigenvalue weighted by molar-refractivity contribution is 5.50. The molecule has 0 aliphatic rings. The molecule has 0 aliphatic heterocycles. The van der Waals surface area contributed by atoms with Crippen LogP contribution in [0.4, 0.5) is 0 Å². The lowest BCUT2D eigenvalue weighted by Gasteiger charge is -2.13. The van der Waals surface area contributed by atoms with Gasteiger partial charge in [0.1, 0.15) is 0 Å². The van der Waals surface area contributed by atoms with Crippen LogP contribution in [0.5, 0.6) is 0 Å². The normalized spacial score (nSPS) is 12.5. The number of rotatable bonds is 11. The summed E-state index contributed by atoms with van der Waals surface area (Å²) >= 11 is 0. The molecule has 2 aromatic carbocycles. The van der Waals surface area contributed by atoms with Crippen LogP contribution in [-0.2, 0) is 6.42 Å². The van der Waals surface area contributed by atoms with E-state index < -0.39 is 0 Å². The average molecular weight is 374 g/mol. The van der Waals surface area contributed by atoms with Crippen LogP contribution in [0.25, 0.3) is 6.08 Å². The van der Waals surface area contributed by atoms with Crippen molar-refractivity contribution in [2.45, 2.75) is 57.9 Å².